The summed E-state index contributed by atoms with van der Waals surface area (Å²) in [5.41, 5.74) is -0.848. The molecule has 0 aliphatic rings. The van der Waals surface area contributed by atoms with Gasteiger partial charge >= 0.3 is 12.2 Å². The number of urea groups is 1. The SMILES string of the molecule is O=C(Nc1ccc(C(F)(F)F)cc1)NS(=O)(=O)c1ccccc1. The molecule has 23 heavy (non-hydrogen) atoms. The Balaban J connectivity index is 2.05. The van der Waals surface area contributed by atoms with Crippen molar-refractivity contribution in [1.29, 1.82) is 0 Å². The molecular weight excluding hydrogens is 333 g/mol. The maximum absolute atomic E-state index is 12.4. The monoisotopic (exact) mass is 344 g/mol. The fourth-order valence-corrected chi connectivity index (χ4v) is 2.61. The summed E-state index contributed by atoms with van der Waals surface area (Å²) in [6, 6.07) is 9.72. The number of alkyl halides is 3. The summed E-state index contributed by atoms with van der Waals surface area (Å²) in [5, 5.41) is 2.15. The molecule has 2 N–H and O–H groups in total. The van der Waals surface area contributed by atoms with Gasteiger partial charge in [0.15, 0.2) is 0 Å². The van der Waals surface area contributed by atoms with Crippen LogP contribution in [0.5, 0.6) is 0 Å². The molecule has 0 atom stereocenters. The number of amides is 2. The van der Waals surface area contributed by atoms with E-state index in [1.54, 1.807) is 10.8 Å². The summed E-state index contributed by atoms with van der Waals surface area (Å²) >= 11 is 0. The second-order valence-corrected chi connectivity index (χ2v) is 6.13. The first-order valence-electron chi connectivity index (χ1n) is 6.24. The van der Waals surface area contributed by atoms with E-state index >= 15 is 0 Å². The van der Waals surface area contributed by atoms with Crippen LogP contribution in [0.15, 0.2) is 59.5 Å². The Labute approximate surface area is 130 Å². The van der Waals surface area contributed by atoms with Gasteiger partial charge in [0.1, 0.15) is 0 Å². The van der Waals surface area contributed by atoms with Crippen LogP contribution in [0, 0.1) is 0 Å². The zero-order chi connectivity index (χ0) is 17.1. The molecule has 0 spiro atoms. The summed E-state index contributed by atoms with van der Waals surface area (Å²) in [7, 11) is -4.05. The zero-order valence-corrected chi connectivity index (χ0v) is 12.3. The van der Waals surface area contributed by atoms with Crippen LogP contribution in [0.3, 0.4) is 0 Å². The molecule has 0 aliphatic heterocycles. The first-order valence-corrected chi connectivity index (χ1v) is 7.73. The average molecular weight is 344 g/mol. The number of hydrogen-bond acceptors (Lipinski definition) is 3. The first-order chi connectivity index (χ1) is 10.7. The quantitative estimate of drug-likeness (QED) is 0.898. The van der Waals surface area contributed by atoms with Crippen molar-refractivity contribution in [3.8, 4) is 0 Å². The third kappa shape index (κ3) is 4.46. The molecule has 5 nitrogen and oxygen atoms in total. The van der Waals surface area contributed by atoms with Gasteiger partial charge in [-0.05, 0) is 36.4 Å². The van der Waals surface area contributed by atoms with Crippen molar-refractivity contribution >= 4 is 21.7 Å². The summed E-state index contributed by atoms with van der Waals surface area (Å²) in [5.74, 6) is 0. The number of rotatable bonds is 3. The van der Waals surface area contributed by atoms with Crippen molar-refractivity contribution in [2.45, 2.75) is 11.1 Å². The zero-order valence-electron chi connectivity index (χ0n) is 11.5. The van der Waals surface area contributed by atoms with Crippen LogP contribution in [-0.2, 0) is 16.2 Å². The van der Waals surface area contributed by atoms with E-state index in [9.17, 15) is 26.4 Å². The van der Waals surface area contributed by atoms with Gasteiger partial charge in [-0.2, -0.15) is 13.2 Å². The Morgan fingerprint density at radius 1 is 0.913 bits per heavy atom. The molecule has 0 unspecified atom stereocenters. The van der Waals surface area contributed by atoms with Gasteiger partial charge in [0.05, 0.1) is 10.5 Å². The minimum absolute atomic E-state index is 0.0266. The normalized spacial score (nSPS) is 11.8. The molecular formula is C14H11F3N2O3S. The molecule has 2 aromatic rings. The van der Waals surface area contributed by atoms with Gasteiger partial charge in [0.2, 0.25) is 0 Å². The first kappa shape index (κ1) is 16.8. The molecule has 0 heterocycles. The number of halogens is 3. The van der Waals surface area contributed by atoms with Crippen molar-refractivity contribution < 1.29 is 26.4 Å². The van der Waals surface area contributed by atoms with Crippen LogP contribution >= 0.6 is 0 Å². The van der Waals surface area contributed by atoms with Crippen LogP contribution in [0.4, 0.5) is 23.7 Å². The fourth-order valence-electron chi connectivity index (χ4n) is 1.68. The molecule has 2 amide bonds. The van der Waals surface area contributed by atoms with Crippen LogP contribution in [0.1, 0.15) is 5.56 Å². The molecule has 0 saturated heterocycles. The number of benzene rings is 2. The summed E-state index contributed by atoms with van der Waals surface area (Å²) in [6.07, 6.45) is -4.49. The van der Waals surface area contributed by atoms with Crippen molar-refractivity contribution in [3.05, 3.63) is 60.2 Å². The smallest absolute Gasteiger partial charge is 0.307 e. The second-order valence-electron chi connectivity index (χ2n) is 4.45. The van der Waals surface area contributed by atoms with Crippen molar-refractivity contribution in [2.75, 3.05) is 5.32 Å². The predicted molar refractivity (Wildman–Crippen MR) is 77.2 cm³/mol. The van der Waals surface area contributed by atoms with E-state index in [0.29, 0.717) is 0 Å². The third-order valence-electron chi connectivity index (χ3n) is 2.75. The summed E-state index contributed by atoms with van der Waals surface area (Å²) in [4.78, 5) is 11.6. The number of hydrogen-bond donors (Lipinski definition) is 2. The van der Waals surface area contributed by atoms with E-state index in [-0.39, 0.29) is 10.6 Å². The second kappa shape index (κ2) is 6.29. The van der Waals surface area contributed by atoms with Gasteiger partial charge in [-0.3, -0.25) is 0 Å². The van der Waals surface area contributed by atoms with Crippen molar-refractivity contribution in [1.82, 2.24) is 4.72 Å². The highest BCUT2D eigenvalue weighted by molar-refractivity contribution is 7.90. The molecule has 0 saturated carbocycles. The highest BCUT2D eigenvalue weighted by Gasteiger charge is 2.30. The van der Waals surface area contributed by atoms with Gasteiger partial charge in [0, 0.05) is 5.69 Å². The van der Waals surface area contributed by atoms with Gasteiger partial charge in [-0.25, -0.2) is 17.9 Å². The number of carbonyl (C=O) groups excluding carboxylic acids is 1. The molecule has 0 aromatic heterocycles. The van der Waals surface area contributed by atoms with Crippen LogP contribution in [0.2, 0.25) is 0 Å². The summed E-state index contributed by atoms with van der Waals surface area (Å²) < 4.78 is 62.8. The Bertz CT molecular complexity index is 788. The van der Waals surface area contributed by atoms with E-state index in [1.165, 1.54) is 24.3 Å². The fraction of sp³-hybridized carbons (Fsp3) is 0.0714. The van der Waals surface area contributed by atoms with E-state index in [2.05, 4.69) is 5.32 Å². The molecule has 2 rings (SSSR count). The standard InChI is InChI=1S/C14H11F3N2O3S/c15-14(16,17)10-6-8-11(9-7-10)18-13(20)19-23(21,22)12-4-2-1-3-5-12/h1-9H,(H2,18,19,20). The van der Waals surface area contributed by atoms with Gasteiger partial charge in [-0.1, -0.05) is 18.2 Å². The van der Waals surface area contributed by atoms with Gasteiger partial charge in [-0.15, -0.1) is 0 Å². The third-order valence-corrected chi connectivity index (χ3v) is 4.10. The lowest BCUT2D eigenvalue weighted by Crippen LogP contribution is -2.34. The van der Waals surface area contributed by atoms with E-state index < -0.39 is 27.8 Å². The van der Waals surface area contributed by atoms with Crippen molar-refractivity contribution in [2.24, 2.45) is 0 Å². The van der Waals surface area contributed by atoms with Crippen LogP contribution in [0.25, 0.3) is 0 Å². The lowest BCUT2D eigenvalue weighted by atomic mass is 10.2. The molecule has 0 aliphatic carbocycles. The number of nitrogens with one attached hydrogen (secondary N) is 2. The van der Waals surface area contributed by atoms with Crippen LogP contribution in [-0.4, -0.2) is 14.4 Å². The average Bonchev–Trinajstić information content (AvgIpc) is 2.47. The highest BCUT2D eigenvalue weighted by atomic mass is 32.2. The molecule has 0 radical (unpaired) electrons. The summed E-state index contributed by atoms with van der Waals surface area (Å²) in [6.45, 7) is 0. The van der Waals surface area contributed by atoms with Crippen molar-refractivity contribution in [3.63, 3.8) is 0 Å². The largest absolute Gasteiger partial charge is 0.416 e. The predicted octanol–water partition coefficient (Wildman–Crippen LogP) is 3.22. The van der Waals surface area contributed by atoms with Crippen LogP contribution < -0.4 is 10.0 Å². The van der Waals surface area contributed by atoms with Gasteiger partial charge in [0.25, 0.3) is 10.0 Å². The molecule has 0 bridgehead atoms. The molecule has 9 heteroatoms. The molecule has 2 aromatic carbocycles. The van der Waals surface area contributed by atoms with E-state index in [0.717, 1.165) is 24.3 Å². The topological polar surface area (TPSA) is 75.3 Å². The minimum Gasteiger partial charge on any atom is -0.307 e. The molecule has 0 fully saturated rings. The van der Waals surface area contributed by atoms with Gasteiger partial charge < -0.3 is 5.32 Å². The number of anilines is 1. The Morgan fingerprint density at radius 3 is 2.00 bits per heavy atom. The highest BCUT2D eigenvalue weighted by Crippen LogP contribution is 2.29. The lowest BCUT2D eigenvalue weighted by molar-refractivity contribution is -0.137. The van der Waals surface area contributed by atoms with E-state index in [4.69, 9.17) is 0 Å². The Kier molecular flexibility index (Phi) is 4.60. The molecule has 122 valence electrons. The lowest BCUT2D eigenvalue weighted by Gasteiger charge is -2.10. The number of sulfonamides is 1. The Hall–Kier alpha value is -2.55. The maximum atomic E-state index is 12.4. The number of carbonyl (C=O) groups is 1. The van der Waals surface area contributed by atoms with E-state index in [1.807, 2.05) is 0 Å². The Morgan fingerprint density at radius 2 is 1.48 bits per heavy atom. The minimum atomic E-state index is -4.49. The maximum Gasteiger partial charge on any atom is 0.416 e.